The third kappa shape index (κ3) is 2.17. The largest absolute Gasteiger partial charge is 0.257 e. The van der Waals surface area contributed by atoms with Crippen LogP contribution in [0.25, 0.3) is 10.6 Å². The third-order valence-electron chi connectivity index (χ3n) is 3.09. The topological polar surface area (TPSA) is 37.0 Å². The van der Waals surface area contributed by atoms with Gasteiger partial charge in [0.25, 0.3) is 0 Å². The summed E-state index contributed by atoms with van der Waals surface area (Å²) in [6, 6.07) is 8.23. The second-order valence-corrected chi connectivity index (χ2v) is 5.80. The number of nitrogens with one attached hydrogen (secondary N) is 2. The number of hydrazine groups is 1. The minimum Gasteiger partial charge on any atom is -0.257 e. The molecule has 0 aliphatic carbocycles. The number of rotatable bonds is 2. The van der Waals surface area contributed by atoms with Crippen LogP contribution < -0.4 is 10.9 Å². The molecule has 0 radical (unpaired) electrons. The Bertz CT molecular complexity index is 561. The van der Waals surface area contributed by atoms with Crippen LogP contribution in [0.5, 0.6) is 0 Å². The molecule has 5 heteroatoms. The summed E-state index contributed by atoms with van der Waals surface area (Å²) >= 11 is 7.94. The van der Waals surface area contributed by atoms with E-state index in [1.165, 1.54) is 4.88 Å². The van der Waals surface area contributed by atoms with Crippen molar-refractivity contribution in [1.82, 2.24) is 15.8 Å². The lowest BCUT2D eigenvalue weighted by Gasteiger charge is -2.06. The maximum atomic E-state index is 6.22. The molecular formula is C13H14ClN3S. The zero-order chi connectivity index (χ0) is 12.5. The number of aromatic nitrogens is 1. The lowest BCUT2D eigenvalue weighted by atomic mass is 10.2. The first-order valence-electron chi connectivity index (χ1n) is 5.96. The Morgan fingerprint density at radius 2 is 2.22 bits per heavy atom. The van der Waals surface area contributed by atoms with Gasteiger partial charge in [0.05, 0.1) is 16.8 Å². The molecule has 0 saturated carbocycles. The van der Waals surface area contributed by atoms with Gasteiger partial charge in [-0.15, -0.1) is 11.3 Å². The number of benzene rings is 1. The monoisotopic (exact) mass is 279 g/mol. The van der Waals surface area contributed by atoms with E-state index in [2.05, 4.69) is 22.8 Å². The molecule has 2 heterocycles. The molecule has 94 valence electrons. The smallest absolute Gasteiger partial charge is 0.125 e. The van der Waals surface area contributed by atoms with Crippen molar-refractivity contribution in [2.45, 2.75) is 19.4 Å². The number of aryl methyl sites for hydroxylation is 1. The number of nitrogens with zero attached hydrogens (tertiary/aromatic N) is 1. The molecule has 1 aliphatic heterocycles. The van der Waals surface area contributed by atoms with Crippen molar-refractivity contribution in [1.29, 1.82) is 0 Å². The summed E-state index contributed by atoms with van der Waals surface area (Å²) in [4.78, 5) is 5.95. The Kier molecular flexibility index (Phi) is 3.35. The third-order valence-corrected chi connectivity index (χ3v) is 4.72. The van der Waals surface area contributed by atoms with E-state index in [0.717, 1.165) is 34.3 Å². The maximum absolute atomic E-state index is 6.22. The molecule has 1 aliphatic rings. The van der Waals surface area contributed by atoms with Gasteiger partial charge < -0.3 is 0 Å². The summed E-state index contributed by atoms with van der Waals surface area (Å²) in [5.41, 5.74) is 8.55. The molecule has 2 aromatic rings. The molecular weight excluding hydrogens is 266 g/mol. The fraction of sp³-hybridized carbons (Fsp3) is 0.308. The van der Waals surface area contributed by atoms with Crippen molar-refractivity contribution in [2.75, 3.05) is 6.54 Å². The van der Waals surface area contributed by atoms with Crippen LogP contribution >= 0.6 is 22.9 Å². The van der Waals surface area contributed by atoms with Crippen LogP contribution in [0.4, 0.5) is 0 Å². The van der Waals surface area contributed by atoms with Crippen molar-refractivity contribution in [3.05, 3.63) is 39.9 Å². The van der Waals surface area contributed by atoms with Gasteiger partial charge in [-0.3, -0.25) is 5.43 Å². The van der Waals surface area contributed by atoms with Crippen molar-refractivity contribution < 1.29 is 0 Å². The van der Waals surface area contributed by atoms with E-state index in [1.54, 1.807) is 11.3 Å². The van der Waals surface area contributed by atoms with Crippen LogP contribution in [-0.2, 0) is 0 Å². The molecule has 2 N–H and O–H groups in total. The van der Waals surface area contributed by atoms with Gasteiger partial charge in [0.2, 0.25) is 0 Å². The molecule has 1 fully saturated rings. The quantitative estimate of drug-likeness (QED) is 0.886. The van der Waals surface area contributed by atoms with Crippen LogP contribution in [0, 0.1) is 6.92 Å². The molecule has 3 rings (SSSR count). The number of halogens is 1. The first-order valence-corrected chi connectivity index (χ1v) is 7.16. The van der Waals surface area contributed by atoms with Gasteiger partial charge >= 0.3 is 0 Å². The Labute approximate surface area is 115 Å². The van der Waals surface area contributed by atoms with Gasteiger partial charge in [-0.05, 0) is 19.4 Å². The predicted molar refractivity (Wildman–Crippen MR) is 75.8 cm³/mol. The van der Waals surface area contributed by atoms with Gasteiger partial charge in [0.1, 0.15) is 5.01 Å². The van der Waals surface area contributed by atoms with E-state index in [9.17, 15) is 0 Å². The zero-order valence-electron chi connectivity index (χ0n) is 10.0. The molecule has 18 heavy (non-hydrogen) atoms. The Morgan fingerprint density at radius 1 is 1.39 bits per heavy atom. The lowest BCUT2D eigenvalue weighted by Crippen LogP contribution is -2.24. The summed E-state index contributed by atoms with van der Waals surface area (Å²) in [6.45, 7) is 3.07. The summed E-state index contributed by atoms with van der Waals surface area (Å²) in [5, 5.41) is 1.76. The van der Waals surface area contributed by atoms with E-state index < -0.39 is 0 Å². The molecule has 1 atom stereocenters. The fourth-order valence-electron chi connectivity index (χ4n) is 2.16. The summed E-state index contributed by atoms with van der Waals surface area (Å²) in [7, 11) is 0. The molecule has 1 unspecified atom stereocenters. The molecule has 0 bridgehead atoms. The predicted octanol–water partition coefficient (Wildman–Crippen LogP) is 3.31. The minimum absolute atomic E-state index is 0.374. The van der Waals surface area contributed by atoms with Crippen LogP contribution in [0.1, 0.15) is 23.0 Å². The van der Waals surface area contributed by atoms with Crippen molar-refractivity contribution in [3.63, 3.8) is 0 Å². The van der Waals surface area contributed by atoms with Crippen LogP contribution in [0.15, 0.2) is 24.3 Å². The Morgan fingerprint density at radius 3 is 2.94 bits per heavy atom. The van der Waals surface area contributed by atoms with Gasteiger partial charge in [-0.1, -0.05) is 29.8 Å². The number of thiazole rings is 1. The Balaban J connectivity index is 1.99. The van der Waals surface area contributed by atoms with Gasteiger partial charge in [-0.2, -0.15) is 0 Å². The van der Waals surface area contributed by atoms with Crippen LogP contribution in [-0.4, -0.2) is 11.5 Å². The molecule has 3 nitrogen and oxygen atoms in total. The van der Waals surface area contributed by atoms with Crippen molar-refractivity contribution in [3.8, 4) is 10.6 Å². The molecule has 1 aromatic heterocycles. The number of hydrogen-bond acceptors (Lipinski definition) is 4. The van der Waals surface area contributed by atoms with Crippen molar-refractivity contribution >= 4 is 22.9 Å². The van der Waals surface area contributed by atoms with Crippen LogP contribution in [0.3, 0.4) is 0 Å². The highest BCUT2D eigenvalue weighted by Crippen LogP contribution is 2.36. The van der Waals surface area contributed by atoms with Crippen molar-refractivity contribution in [2.24, 2.45) is 0 Å². The second-order valence-electron chi connectivity index (χ2n) is 4.36. The highest BCUT2D eigenvalue weighted by atomic mass is 35.5. The first-order chi connectivity index (χ1) is 8.75. The van der Waals surface area contributed by atoms with E-state index in [-0.39, 0.29) is 0 Å². The highest BCUT2D eigenvalue weighted by Gasteiger charge is 2.22. The van der Waals surface area contributed by atoms with Gasteiger partial charge in [-0.25, -0.2) is 10.4 Å². The average molecular weight is 280 g/mol. The second kappa shape index (κ2) is 4.97. The van der Waals surface area contributed by atoms with E-state index in [0.29, 0.717) is 6.04 Å². The van der Waals surface area contributed by atoms with Crippen LogP contribution in [0.2, 0.25) is 5.02 Å². The summed E-state index contributed by atoms with van der Waals surface area (Å²) in [5.74, 6) is 0. The number of hydrogen-bond donors (Lipinski definition) is 2. The average Bonchev–Trinajstić information content (AvgIpc) is 2.98. The molecule has 0 amide bonds. The highest BCUT2D eigenvalue weighted by molar-refractivity contribution is 7.15. The SMILES string of the molecule is Cc1nc(-c2ccccc2Cl)sc1C1CCNN1. The van der Waals surface area contributed by atoms with Gasteiger partial charge in [0, 0.05) is 17.0 Å². The first kappa shape index (κ1) is 12.1. The van der Waals surface area contributed by atoms with E-state index in [1.807, 2.05) is 24.3 Å². The maximum Gasteiger partial charge on any atom is 0.125 e. The summed E-state index contributed by atoms with van der Waals surface area (Å²) in [6.07, 6.45) is 1.10. The van der Waals surface area contributed by atoms with Gasteiger partial charge in [0.15, 0.2) is 0 Å². The fourth-order valence-corrected chi connectivity index (χ4v) is 3.63. The summed E-state index contributed by atoms with van der Waals surface area (Å²) < 4.78 is 0. The molecule has 1 aromatic carbocycles. The Hall–Kier alpha value is -0.940. The normalized spacial score (nSPS) is 19.3. The zero-order valence-corrected chi connectivity index (χ0v) is 11.6. The lowest BCUT2D eigenvalue weighted by molar-refractivity contribution is 0.585. The standard InChI is InChI=1S/C13H14ClN3S/c1-8-12(11-6-7-15-17-11)18-13(16-8)9-4-2-3-5-10(9)14/h2-5,11,15,17H,6-7H2,1H3. The molecule has 0 spiro atoms. The van der Waals surface area contributed by atoms with E-state index >= 15 is 0 Å². The molecule has 1 saturated heterocycles. The minimum atomic E-state index is 0.374. The van der Waals surface area contributed by atoms with E-state index in [4.69, 9.17) is 11.6 Å².